The van der Waals surface area contributed by atoms with Gasteiger partial charge in [-0.05, 0) is 17.7 Å². The van der Waals surface area contributed by atoms with Gasteiger partial charge in [0.05, 0.1) is 24.2 Å². The van der Waals surface area contributed by atoms with Crippen LogP contribution in [-0.2, 0) is 23.9 Å². The molecule has 0 bridgehead atoms. The SMILES string of the molecule is O=C(O)CN1C(=O)C2Sc3[nH]c(=O)sc3[C@H](c3cccc(OCC(=O)N4CCOCC4)c3)C2C1=O. The van der Waals surface area contributed by atoms with Gasteiger partial charge in [-0.3, -0.25) is 28.9 Å². The third-order valence-electron chi connectivity index (χ3n) is 6.15. The van der Waals surface area contributed by atoms with E-state index in [1.165, 1.54) is 0 Å². The normalized spacial score (nSPS) is 23.7. The number of thioether (sulfide) groups is 1. The van der Waals surface area contributed by atoms with Crippen LogP contribution in [0.5, 0.6) is 5.75 Å². The van der Waals surface area contributed by atoms with Gasteiger partial charge in [0.1, 0.15) is 17.5 Å². The smallest absolute Gasteiger partial charge is 0.323 e. The lowest BCUT2D eigenvalue weighted by atomic mass is 9.83. The molecule has 3 aliphatic heterocycles. The highest BCUT2D eigenvalue weighted by molar-refractivity contribution is 8.00. The van der Waals surface area contributed by atoms with E-state index in [0.717, 1.165) is 28.0 Å². The summed E-state index contributed by atoms with van der Waals surface area (Å²) in [5, 5.41) is 8.83. The summed E-state index contributed by atoms with van der Waals surface area (Å²) in [6.45, 7) is 1.10. The molecular weight excluding hydrogens is 498 g/mol. The van der Waals surface area contributed by atoms with E-state index >= 15 is 0 Å². The number of hydrogen-bond acceptors (Lipinski definition) is 9. The number of H-pyrrole nitrogens is 1. The number of fused-ring (bicyclic) bond motifs is 2. The lowest BCUT2D eigenvalue weighted by molar-refractivity contribution is -0.149. The van der Waals surface area contributed by atoms with E-state index < -0.39 is 41.4 Å². The number of carboxylic acid groups (broad SMARTS) is 1. The number of imide groups is 1. The zero-order chi connectivity index (χ0) is 24.7. The van der Waals surface area contributed by atoms with E-state index in [9.17, 15) is 29.1 Å². The van der Waals surface area contributed by atoms with Gasteiger partial charge in [0.15, 0.2) is 6.61 Å². The number of aromatic amines is 1. The van der Waals surface area contributed by atoms with Crippen molar-refractivity contribution in [3.8, 4) is 5.75 Å². The molecule has 184 valence electrons. The Balaban J connectivity index is 1.44. The highest BCUT2D eigenvalue weighted by atomic mass is 32.2. The number of carboxylic acids is 1. The molecule has 2 aromatic rings. The zero-order valence-corrected chi connectivity index (χ0v) is 19.9. The zero-order valence-electron chi connectivity index (χ0n) is 18.3. The molecule has 2 saturated heterocycles. The average Bonchev–Trinajstić information content (AvgIpc) is 3.33. The number of rotatable bonds is 6. The van der Waals surface area contributed by atoms with Gasteiger partial charge in [0.25, 0.3) is 5.91 Å². The summed E-state index contributed by atoms with van der Waals surface area (Å²) in [4.78, 5) is 67.4. The maximum atomic E-state index is 13.2. The lowest BCUT2D eigenvalue weighted by Crippen LogP contribution is -2.42. The minimum Gasteiger partial charge on any atom is -0.484 e. The maximum Gasteiger partial charge on any atom is 0.323 e. The summed E-state index contributed by atoms with van der Waals surface area (Å²) < 4.78 is 11.0. The van der Waals surface area contributed by atoms with Crippen LogP contribution in [0.25, 0.3) is 0 Å². The third-order valence-corrected chi connectivity index (χ3v) is 8.55. The second-order valence-electron chi connectivity index (χ2n) is 8.26. The molecule has 13 heteroatoms. The van der Waals surface area contributed by atoms with Crippen LogP contribution in [-0.4, -0.2) is 88.3 Å². The topological polar surface area (TPSA) is 146 Å². The van der Waals surface area contributed by atoms with E-state index in [-0.39, 0.29) is 17.4 Å². The number of hydrogen-bond donors (Lipinski definition) is 2. The summed E-state index contributed by atoms with van der Waals surface area (Å²) in [6, 6.07) is 6.85. The van der Waals surface area contributed by atoms with Gasteiger partial charge in [-0.1, -0.05) is 35.2 Å². The van der Waals surface area contributed by atoms with Crippen molar-refractivity contribution in [2.24, 2.45) is 5.92 Å². The first kappa shape index (κ1) is 23.6. The average molecular weight is 520 g/mol. The van der Waals surface area contributed by atoms with Gasteiger partial charge < -0.3 is 24.5 Å². The number of nitrogens with zero attached hydrogens (tertiary/aromatic N) is 2. The monoisotopic (exact) mass is 519 g/mol. The van der Waals surface area contributed by atoms with E-state index in [4.69, 9.17) is 9.47 Å². The van der Waals surface area contributed by atoms with Crippen LogP contribution >= 0.6 is 23.1 Å². The minimum absolute atomic E-state index is 0.164. The van der Waals surface area contributed by atoms with Crippen molar-refractivity contribution < 1.29 is 33.8 Å². The molecule has 0 spiro atoms. The number of ether oxygens (including phenoxy) is 2. The van der Waals surface area contributed by atoms with Gasteiger partial charge in [0.2, 0.25) is 11.8 Å². The van der Waals surface area contributed by atoms with Crippen LogP contribution in [0.4, 0.5) is 0 Å². The Hall–Kier alpha value is -3.16. The number of amides is 3. The van der Waals surface area contributed by atoms with Gasteiger partial charge in [-0.25, -0.2) is 0 Å². The van der Waals surface area contributed by atoms with Gasteiger partial charge >= 0.3 is 10.8 Å². The van der Waals surface area contributed by atoms with Crippen molar-refractivity contribution in [1.82, 2.24) is 14.8 Å². The number of thiazole rings is 1. The molecule has 1 aromatic heterocycles. The number of carbonyl (C=O) groups excluding carboxylic acids is 3. The fourth-order valence-electron chi connectivity index (χ4n) is 4.57. The van der Waals surface area contributed by atoms with Crippen molar-refractivity contribution in [3.05, 3.63) is 44.4 Å². The van der Waals surface area contributed by atoms with Crippen molar-refractivity contribution in [1.29, 1.82) is 0 Å². The molecule has 4 heterocycles. The quantitative estimate of drug-likeness (QED) is 0.516. The number of morpholine rings is 1. The van der Waals surface area contributed by atoms with Gasteiger partial charge in [-0.2, -0.15) is 0 Å². The molecule has 2 fully saturated rings. The van der Waals surface area contributed by atoms with Gasteiger partial charge in [-0.15, -0.1) is 0 Å². The lowest BCUT2D eigenvalue weighted by Gasteiger charge is -2.30. The predicted octanol–water partition coefficient (Wildman–Crippen LogP) is 0.350. The van der Waals surface area contributed by atoms with E-state index in [1.54, 1.807) is 29.2 Å². The highest BCUT2D eigenvalue weighted by Crippen LogP contribution is 2.52. The first-order valence-electron chi connectivity index (χ1n) is 10.9. The third kappa shape index (κ3) is 4.46. The molecule has 2 unspecified atom stereocenters. The van der Waals surface area contributed by atoms with Crippen LogP contribution in [0.3, 0.4) is 0 Å². The number of benzene rings is 1. The molecule has 0 radical (unpaired) electrons. The molecule has 1 aromatic carbocycles. The molecule has 0 saturated carbocycles. The Morgan fingerprint density at radius 3 is 2.69 bits per heavy atom. The number of likely N-dealkylation sites (tertiary alicyclic amines) is 1. The molecule has 5 rings (SSSR count). The molecular formula is C22H21N3O8S2. The Kier molecular flexibility index (Phi) is 6.38. The standard InChI is InChI=1S/C22H21N3O8S2/c26-13(24-4-6-32-7-5-24)10-33-12-3-1-2-11(8-12)15-16-18(34-19-17(15)35-22(31)23-19)21(30)25(20(16)29)9-14(27)28/h1-3,8,15-16,18H,4-7,9-10H2,(H,23,31)(H,27,28)/t15-,16?,18?/m1/s1. The van der Waals surface area contributed by atoms with E-state index in [1.807, 2.05) is 0 Å². The van der Waals surface area contributed by atoms with E-state index in [2.05, 4.69) is 4.98 Å². The van der Waals surface area contributed by atoms with Crippen LogP contribution in [0.15, 0.2) is 34.1 Å². The van der Waals surface area contributed by atoms with Crippen LogP contribution < -0.4 is 9.61 Å². The summed E-state index contributed by atoms with van der Waals surface area (Å²) in [5.74, 6) is -3.72. The number of aromatic nitrogens is 1. The molecule has 2 N–H and O–H groups in total. The van der Waals surface area contributed by atoms with Crippen LogP contribution in [0, 0.1) is 5.92 Å². The van der Waals surface area contributed by atoms with Crippen LogP contribution in [0.2, 0.25) is 0 Å². The highest BCUT2D eigenvalue weighted by Gasteiger charge is 2.56. The molecule has 3 amide bonds. The Bertz CT molecular complexity index is 1250. The van der Waals surface area contributed by atoms with E-state index in [0.29, 0.717) is 47.5 Å². The van der Waals surface area contributed by atoms with Crippen molar-refractivity contribution in [2.45, 2.75) is 16.2 Å². The summed E-state index contributed by atoms with van der Waals surface area (Å²) >= 11 is 2.04. The molecule has 3 aliphatic rings. The predicted molar refractivity (Wildman–Crippen MR) is 124 cm³/mol. The maximum absolute atomic E-state index is 13.2. The summed E-state index contributed by atoms with van der Waals surface area (Å²) in [7, 11) is 0. The molecule has 35 heavy (non-hydrogen) atoms. The fraction of sp³-hybridized carbons (Fsp3) is 0.409. The largest absolute Gasteiger partial charge is 0.484 e. The minimum atomic E-state index is -1.28. The Morgan fingerprint density at radius 1 is 1.17 bits per heavy atom. The number of carbonyl (C=O) groups is 4. The Morgan fingerprint density at radius 2 is 1.94 bits per heavy atom. The second-order valence-corrected chi connectivity index (χ2v) is 10.4. The van der Waals surface area contributed by atoms with Crippen LogP contribution in [0.1, 0.15) is 16.4 Å². The fourth-order valence-corrected chi connectivity index (χ4v) is 7.11. The Labute approximate surface area is 207 Å². The van der Waals surface area contributed by atoms with Crippen molar-refractivity contribution in [2.75, 3.05) is 39.5 Å². The van der Waals surface area contributed by atoms with Crippen molar-refractivity contribution in [3.63, 3.8) is 0 Å². The first-order valence-corrected chi connectivity index (χ1v) is 12.6. The number of aliphatic carboxylic acids is 1. The molecule has 11 nitrogen and oxygen atoms in total. The summed E-state index contributed by atoms with van der Waals surface area (Å²) in [5.41, 5.74) is 0.631. The molecule has 0 aliphatic carbocycles. The molecule has 3 atom stereocenters. The van der Waals surface area contributed by atoms with Crippen molar-refractivity contribution >= 4 is 46.8 Å². The summed E-state index contributed by atoms with van der Waals surface area (Å²) in [6.07, 6.45) is 0. The van der Waals surface area contributed by atoms with Gasteiger partial charge in [0, 0.05) is 23.9 Å². The first-order chi connectivity index (χ1) is 16.8. The second kappa shape index (κ2) is 9.47. The number of nitrogens with one attached hydrogen (secondary N) is 1.